The van der Waals surface area contributed by atoms with E-state index in [0.29, 0.717) is 13.0 Å². The summed E-state index contributed by atoms with van der Waals surface area (Å²) in [4.78, 5) is 1.53. The molecule has 0 spiro atoms. The number of nitrogens with one attached hydrogen (secondary N) is 1. The number of aliphatic hydroxyl groups is 1. The van der Waals surface area contributed by atoms with Gasteiger partial charge in [-0.1, -0.05) is 12.1 Å². The Morgan fingerprint density at radius 2 is 1.85 bits per heavy atom. The van der Waals surface area contributed by atoms with Crippen molar-refractivity contribution in [1.82, 2.24) is 10.2 Å². The quantitative estimate of drug-likeness (QED) is 0.730. The summed E-state index contributed by atoms with van der Waals surface area (Å²) in [6, 6.07) is 6.09. The fourth-order valence-electron chi connectivity index (χ4n) is 2.12. The molecule has 0 aliphatic carbocycles. The number of hydrogen-bond donors (Lipinski definition) is 2. The zero-order chi connectivity index (χ0) is 15.0. The second-order valence-electron chi connectivity index (χ2n) is 4.60. The van der Waals surface area contributed by atoms with E-state index < -0.39 is 6.43 Å². The van der Waals surface area contributed by atoms with Gasteiger partial charge in [0.25, 0.3) is 6.43 Å². The lowest BCUT2D eigenvalue weighted by Crippen LogP contribution is -2.34. The zero-order valence-electron chi connectivity index (χ0n) is 11.5. The highest BCUT2D eigenvalue weighted by atomic mass is 19.3. The molecule has 0 bridgehead atoms. The Labute approximate surface area is 117 Å². The van der Waals surface area contributed by atoms with Crippen LogP contribution in [0.15, 0.2) is 24.3 Å². The van der Waals surface area contributed by atoms with Crippen LogP contribution in [0.2, 0.25) is 0 Å². The van der Waals surface area contributed by atoms with Gasteiger partial charge in [0.15, 0.2) is 0 Å². The minimum absolute atomic E-state index is 0.0329. The van der Waals surface area contributed by atoms with E-state index in [-0.39, 0.29) is 31.6 Å². The second-order valence-corrected chi connectivity index (χ2v) is 4.60. The Bertz CT molecular complexity index is 373. The third-order valence-corrected chi connectivity index (χ3v) is 3.17. The van der Waals surface area contributed by atoms with E-state index in [1.165, 1.54) is 17.0 Å². The smallest absolute Gasteiger partial charge is 0.251 e. The van der Waals surface area contributed by atoms with Gasteiger partial charge in [-0.3, -0.25) is 4.90 Å². The Kier molecular flexibility index (Phi) is 7.58. The van der Waals surface area contributed by atoms with E-state index >= 15 is 0 Å². The molecule has 0 saturated carbocycles. The number of aliphatic hydroxyl groups excluding tert-OH is 1. The fourth-order valence-corrected chi connectivity index (χ4v) is 2.12. The van der Waals surface area contributed by atoms with Crippen molar-refractivity contribution in [1.29, 1.82) is 0 Å². The maximum Gasteiger partial charge on any atom is 0.251 e. The summed E-state index contributed by atoms with van der Waals surface area (Å²) >= 11 is 0. The number of nitrogens with zero attached hydrogens (tertiary/aromatic N) is 1. The summed E-state index contributed by atoms with van der Waals surface area (Å²) in [6.45, 7) is 0.172. The highest BCUT2D eigenvalue weighted by molar-refractivity contribution is 5.19. The van der Waals surface area contributed by atoms with Gasteiger partial charge in [-0.15, -0.1) is 0 Å². The van der Waals surface area contributed by atoms with Crippen LogP contribution in [0.25, 0.3) is 0 Å². The van der Waals surface area contributed by atoms with Crippen molar-refractivity contribution in [2.75, 3.05) is 33.3 Å². The van der Waals surface area contributed by atoms with Gasteiger partial charge in [-0.25, -0.2) is 13.2 Å². The zero-order valence-corrected chi connectivity index (χ0v) is 11.5. The summed E-state index contributed by atoms with van der Waals surface area (Å²) in [5.74, 6) is -0.303. The number of hydrogen-bond acceptors (Lipinski definition) is 3. The molecule has 0 fully saturated rings. The molecule has 1 unspecified atom stereocenters. The molecule has 0 saturated heterocycles. The molecule has 0 radical (unpaired) electrons. The first-order valence-electron chi connectivity index (χ1n) is 6.61. The molecule has 1 aromatic carbocycles. The van der Waals surface area contributed by atoms with Crippen molar-refractivity contribution >= 4 is 0 Å². The molecular weight excluding hydrogens is 269 g/mol. The summed E-state index contributed by atoms with van der Waals surface area (Å²) in [7, 11) is 1.78. The van der Waals surface area contributed by atoms with Crippen LogP contribution in [0.3, 0.4) is 0 Å². The first-order valence-corrected chi connectivity index (χ1v) is 6.61. The third kappa shape index (κ3) is 5.90. The Balaban J connectivity index is 2.56. The Morgan fingerprint density at radius 3 is 2.35 bits per heavy atom. The molecular formula is C14H21F3N2O. The lowest BCUT2D eigenvalue weighted by Gasteiger charge is -2.24. The molecule has 1 atom stereocenters. The third-order valence-electron chi connectivity index (χ3n) is 3.17. The van der Waals surface area contributed by atoms with E-state index in [1.54, 1.807) is 19.2 Å². The summed E-state index contributed by atoms with van der Waals surface area (Å²) in [6.07, 6.45) is -1.81. The Hall–Kier alpha value is -1.11. The standard InChI is InChI=1S/C14H21F3N2O/c1-18-13(11-2-4-12(15)5-3-11)6-7-19(8-9-20)10-14(16)17/h2-5,13-14,18,20H,6-10H2,1H3. The van der Waals surface area contributed by atoms with Gasteiger partial charge in [-0.05, 0) is 31.2 Å². The molecule has 0 aromatic heterocycles. The van der Waals surface area contributed by atoms with Crippen molar-refractivity contribution < 1.29 is 18.3 Å². The van der Waals surface area contributed by atoms with Crippen LogP contribution in [0.4, 0.5) is 13.2 Å². The maximum atomic E-state index is 12.9. The summed E-state index contributed by atoms with van der Waals surface area (Å²) < 4.78 is 37.7. The van der Waals surface area contributed by atoms with Crippen molar-refractivity contribution in [2.45, 2.75) is 18.9 Å². The lowest BCUT2D eigenvalue weighted by atomic mass is 10.0. The molecule has 1 aromatic rings. The molecule has 114 valence electrons. The predicted octanol–water partition coefficient (Wildman–Crippen LogP) is 2.04. The summed E-state index contributed by atoms with van der Waals surface area (Å²) in [5, 5.41) is 12.0. The van der Waals surface area contributed by atoms with E-state index in [4.69, 9.17) is 5.11 Å². The van der Waals surface area contributed by atoms with Gasteiger partial charge in [0.2, 0.25) is 0 Å². The molecule has 0 aliphatic rings. The molecule has 2 N–H and O–H groups in total. The first kappa shape index (κ1) is 16.9. The van der Waals surface area contributed by atoms with Crippen LogP contribution < -0.4 is 5.32 Å². The average Bonchev–Trinajstić information content (AvgIpc) is 2.41. The van der Waals surface area contributed by atoms with Gasteiger partial charge >= 0.3 is 0 Å². The topological polar surface area (TPSA) is 35.5 Å². The lowest BCUT2D eigenvalue weighted by molar-refractivity contribution is 0.0763. The molecule has 0 aliphatic heterocycles. The van der Waals surface area contributed by atoms with E-state index in [1.807, 2.05) is 0 Å². The van der Waals surface area contributed by atoms with Crippen molar-refractivity contribution in [3.05, 3.63) is 35.6 Å². The van der Waals surface area contributed by atoms with Gasteiger partial charge in [0.05, 0.1) is 13.2 Å². The number of alkyl halides is 2. The number of benzene rings is 1. The molecule has 3 nitrogen and oxygen atoms in total. The van der Waals surface area contributed by atoms with Crippen LogP contribution >= 0.6 is 0 Å². The highest BCUT2D eigenvalue weighted by Gasteiger charge is 2.15. The molecule has 20 heavy (non-hydrogen) atoms. The largest absolute Gasteiger partial charge is 0.395 e. The number of halogens is 3. The van der Waals surface area contributed by atoms with E-state index in [9.17, 15) is 13.2 Å². The van der Waals surface area contributed by atoms with Crippen molar-refractivity contribution in [2.24, 2.45) is 0 Å². The first-order chi connectivity index (χ1) is 9.56. The van der Waals surface area contributed by atoms with Crippen molar-refractivity contribution in [3.63, 3.8) is 0 Å². The van der Waals surface area contributed by atoms with Gasteiger partial charge in [0, 0.05) is 19.1 Å². The normalized spacial score (nSPS) is 13.2. The van der Waals surface area contributed by atoms with Crippen LogP contribution in [-0.2, 0) is 0 Å². The van der Waals surface area contributed by atoms with Crippen LogP contribution in [0.5, 0.6) is 0 Å². The highest BCUT2D eigenvalue weighted by Crippen LogP contribution is 2.17. The average molecular weight is 290 g/mol. The Morgan fingerprint density at radius 1 is 1.20 bits per heavy atom. The fraction of sp³-hybridized carbons (Fsp3) is 0.571. The second kappa shape index (κ2) is 8.94. The maximum absolute atomic E-state index is 12.9. The monoisotopic (exact) mass is 290 g/mol. The molecule has 0 amide bonds. The minimum atomic E-state index is -2.42. The number of rotatable bonds is 9. The molecule has 1 rings (SSSR count). The minimum Gasteiger partial charge on any atom is -0.395 e. The molecule has 0 heterocycles. The van der Waals surface area contributed by atoms with Crippen LogP contribution in [-0.4, -0.2) is 49.7 Å². The van der Waals surface area contributed by atoms with Gasteiger partial charge in [-0.2, -0.15) is 0 Å². The molecule has 6 heteroatoms. The summed E-state index contributed by atoms with van der Waals surface area (Å²) in [5.41, 5.74) is 0.912. The van der Waals surface area contributed by atoms with Crippen LogP contribution in [0, 0.1) is 5.82 Å². The van der Waals surface area contributed by atoms with Crippen LogP contribution in [0.1, 0.15) is 18.0 Å². The van der Waals surface area contributed by atoms with Gasteiger partial charge < -0.3 is 10.4 Å². The van der Waals surface area contributed by atoms with Gasteiger partial charge in [0.1, 0.15) is 5.82 Å². The van der Waals surface area contributed by atoms with E-state index in [0.717, 1.165) is 5.56 Å². The predicted molar refractivity (Wildman–Crippen MR) is 72.3 cm³/mol. The van der Waals surface area contributed by atoms with Crippen molar-refractivity contribution in [3.8, 4) is 0 Å². The SMILES string of the molecule is CNC(CCN(CCO)CC(F)F)c1ccc(F)cc1. The van der Waals surface area contributed by atoms with E-state index in [2.05, 4.69) is 5.32 Å².